The Balaban J connectivity index is 1.81. The van der Waals surface area contributed by atoms with Crippen molar-refractivity contribution in [1.82, 2.24) is 9.62 Å². The van der Waals surface area contributed by atoms with Gasteiger partial charge >= 0.3 is 0 Å². The fraction of sp³-hybridized carbons (Fsp3) is 0.471. The highest BCUT2D eigenvalue weighted by Gasteiger charge is 2.22. The van der Waals surface area contributed by atoms with Crippen LogP contribution in [0.25, 0.3) is 0 Å². The lowest BCUT2D eigenvalue weighted by molar-refractivity contribution is -0.121. The maximum atomic E-state index is 12.3. The Labute approximate surface area is 138 Å². The Morgan fingerprint density at radius 1 is 1.22 bits per heavy atom. The molecule has 1 aliphatic carbocycles. The molecule has 1 aromatic rings. The van der Waals surface area contributed by atoms with Gasteiger partial charge in [0.1, 0.15) is 0 Å². The molecule has 0 aliphatic heterocycles. The molecule has 0 saturated carbocycles. The molecule has 1 N–H and O–H groups in total. The van der Waals surface area contributed by atoms with E-state index in [2.05, 4.69) is 11.4 Å². The van der Waals surface area contributed by atoms with Crippen molar-refractivity contribution in [2.75, 3.05) is 20.1 Å². The Kier molecular flexibility index (Phi) is 6.36. The maximum Gasteiger partial charge on any atom is 0.243 e. The summed E-state index contributed by atoms with van der Waals surface area (Å²) in [7, 11) is -2.20. The van der Waals surface area contributed by atoms with E-state index in [4.69, 9.17) is 0 Å². The van der Waals surface area contributed by atoms with E-state index in [1.54, 1.807) is 18.2 Å². The van der Waals surface area contributed by atoms with E-state index in [0.717, 1.165) is 23.6 Å². The van der Waals surface area contributed by atoms with Gasteiger partial charge in [0.2, 0.25) is 15.9 Å². The summed E-state index contributed by atoms with van der Waals surface area (Å²) in [5.41, 5.74) is 1.39. The number of hydrogen-bond acceptors (Lipinski definition) is 3. The van der Waals surface area contributed by atoms with Gasteiger partial charge in [-0.3, -0.25) is 4.79 Å². The number of carbonyl (C=O) groups excluding carboxylic acids is 1. The maximum absolute atomic E-state index is 12.3. The first kappa shape index (κ1) is 17.7. The molecule has 126 valence electrons. The van der Waals surface area contributed by atoms with Gasteiger partial charge in [-0.05, 0) is 44.2 Å². The van der Waals surface area contributed by atoms with Gasteiger partial charge in [0.25, 0.3) is 0 Å². The van der Waals surface area contributed by atoms with Crippen LogP contribution in [0.2, 0.25) is 0 Å². The number of allylic oxidation sites excluding steroid dienone is 1. The van der Waals surface area contributed by atoms with Gasteiger partial charge in [0.05, 0.1) is 11.4 Å². The van der Waals surface area contributed by atoms with Crippen molar-refractivity contribution >= 4 is 15.9 Å². The second-order valence-corrected chi connectivity index (χ2v) is 7.83. The van der Waals surface area contributed by atoms with E-state index in [9.17, 15) is 13.2 Å². The van der Waals surface area contributed by atoms with E-state index in [1.165, 1.54) is 37.6 Å². The van der Waals surface area contributed by atoms with E-state index in [-0.39, 0.29) is 17.3 Å². The summed E-state index contributed by atoms with van der Waals surface area (Å²) >= 11 is 0. The van der Waals surface area contributed by atoms with Crippen LogP contribution in [0.15, 0.2) is 46.9 Å². The van der Waals surface area contributed by atoms with Gasteiger partial charge in [0.15, 0.2) is 0 Å². The largest absolute Gasteiger partial charge is 0.355 e. The first-order valence-corrected chi connectivity index (χ1v) is 9.40. The Hall–Kier alpha value is -1.66. The van der Waals surface area contributed by atoms with Crippen molar-refractivity contribution in [3.8, 4) is 0 Å². The minimum absolute atomic E-state index is 0.170. The third-order valence-corrected chi connectivity index (χ3v) is 5.79. The normalized spacial score (nSPS) is 15.3. The Morgan fingerprint density at radius 3 is 2.61 bits per heavy atom. The van der Waals surface area contributed by atoms with Gasteiger partial charge in [0, 0.05) is 13.6 Å². The predicted octanol–water partition coefficient (Wildman–Crippen LogP) is 2.31. The third-order valence-electron chi connectivity index (χ3n) is 3.97. The lowest BCUT2D eigenvalue weighted by Gasteiger charge is -2.17. The van der Waals surface area contributed by atoms with Crippen LogP contribution in [0.5, 0.6) is 0 Å². The second kappa shape index (κ2) is 8.26. The number of sulfonamides is 1. The quantitative estimate of drug-likeness (QED) is 0.777. The average Bonchev–Trinajstić information content (AvgIpc) is 2.56. The molecule has 0 radical (unpaired) electrons. The highest BCUT2D eigenvalue weighted by molar-refractivity contribution is 7.89. The molecule has 0 bridgehead atoms. The summed E-state index contributed by atoms with van der Waals surface area (Å²) in [6, 6.07) is 8.14. The van der Waals surface area contributed by atoms with Crippen LogP contribution in [0, 0.1) is 0 Å². The van der Waals surface area contributed by atoms with E-state index in [1.807, 2.05) is 0 Å². The Morgan fingerprint density at radius 2 is 1.96 bits per heavy atom. The molecule has 0 heterocycles. The summed E-state index contributed by atoms with van der Waals surface area (Å²) < 4.78 is 25.7. The molecule has 0 spiro atoms. The lowest BCUT2D eigenvalue weighted by Crippen LogP contribution is -2.38. The van der Waals surface area contributed by atoms with E-state index >= 15 is 0 Å². The number of carbonyl (C=O) groups is 1. The molecule has 0 unspecified atom stereocenters. The number of hydrogen-bond donors (Lipinski definition) is 1. The molecule has 2 rings (SSSR count). The first-order chi connectivity index (χ1) is 11.0. The van der Waals surface area contributed by atoms with Crippen molar-refractivity contribution < 1.29 is 13.2 Å². The zero-order valence-electron chi connectivity index (χ0n) is 13.5. The van der Waals surface area contributed by atoms with E-state index in [0.29, 0.717) is 6.54 Å². The summed E-state index contributed by atoms with van der Waals surface area (Å²) in [6.07, 6.45) is 7.80. The number of likely N-dealkylation sites (N-methyl/N-ethyl adjacent to an activating group) is 1. The van der Waals surface area contributed by atoms with Crippen LogP contribution in [-0.4, -0.2) is 38.8 Å². The predicted molar refractivity (Wildman–Crippen MR) is 90.4 cm³/mol. The topological polar surface area (TPSA) is 66.5 Å². The van der Waals surface area contributed by atoms with Crippen LogP contribution < -0.4 is 5.32 Å². The van der Waals surface area contributed by atoms with Gasteiger partial charge in [-0.25, -0.2) is 8.42 Å². The molecule has 0 fully saturated rings. The molecule has 0 atom stereocenters. The summed E-state index contributed by atoms with van der Waals surface area (Å²) in [6.45, 7) is 0.389. The second-order valence-electron chi connectivity index (χ2n) is 5.78. The number of benzene rings is 1. The number of nitrogens with one attached hydrogen (secondary N) is 1. The molecule has 23 heavy (non-hydrogen) atoms. The molecule has 5 nitrogen and oxygen atoms in total. The van der Waals surface area contributed by atoms with Gasteiger partial charge < -0.3 is 5.32 Å². The highest BCUT2D eigenvalue weighted by atomic mass is 32.2. The summed E-state index contributed by atoms with van der Waals surface area (Å²) in [5, 5.41) is 2.80. The first-order valence-electron chi connectivity index (χ1n) is 7.96. The smallest absolute Gasteiger partial charge is 0.243 e. The standard InChI is InChI=1S/C17H24N2O3S/c1-19(23(21,22)16-10-6-3-7-11-16)14-17(20)18-13-12-15-8-4-2-5-9-15/h3,6-8,10-11H,2,4-5,9,12-14H2,1H3,(H,18,20). The fourth-order valence-corrected chi connectivity index (χ4v) is 3.76. The van der Waals surface area contributed by atoms with Crippen LogP contribution in [-0.2, 0) is 14.8 Å². The van der Waals surface area contributed by atoms with Crippen molar-refractivity contribution in [1.29, 1.82) is 0 Å². The third kappa shape index (κ3) is 5.18. The number of amides is 1. The molecular formula is C17H24N2O3S. The molecule has 0 aromatic heterocycles. The monoisotopic (exact) mass is 336 g/mol. The number of rotatable bonds is 7. The minimum Gasteiger partial charge on any atom is -0.355 e. The fourth-order valence-electron chi connectivity index (χ4n) is 2.61. The number of nitrogens with zero attached hydrogens (tertiary/aromatic N) is 1. The highest BCUT2D eigenvalue weighted by Crippen LogP contribution is 2.19. The zero-order chi connectivity index (χ0) is 16.7. The van der Waals surface area contributed by atoms with Crippen molar-refractivity contribution in [3.63, 3.8) is 0 Å². The van der Waals surface area contributed by atoms with Crippen LogP contribution in [0.3, 0.4) is 0 Å². The average molecular weight is 336 g/mol. The SMILES string of the molecule is CN(CC(=O)NCCC1=CCCCC1)S(=O)(=O)c1ccccc1. The molecule has 1 aromatic carbocycles. The molecule has 1 amide bonds. The van der Waals surface area contributed by atoms with Gasteiger partial charge in [-0.15, -0.1) is 0 Å². The Bertz CT molecular complexity index is 654. The molecular weight excluding hydrogens is 312 g/mol. The molecule has 1 aliphatic rings. The minimum atomic E-state index is -3.62. The van der Waals surface area contributed by atoms with E-state index < -0.39 is 10.0 Å². The molecule has 6 heteroatoms. The van der Waals surface area contributed by atoms with Crippen molar-refractivity contribution in [2.24, 2.45) is 0 Å². The zero-order valence-corrected chi connectivity index (χ0v) is 14.3. The van der Waals surface area contributed by atoms with Gasteiger partial charge in [-0.2, -0.15) is 4.31 Å². The van der Waals surface area contributed by atoms with Crippen molar-refractivity contribution in [3.05, 3.63) is 42.0 Å². The summed E-state index contributed by atoms with van der Waals surface area (Å²) in [4.78, 5) is 12.1. The molecule has 0 saturated heterocycles. The van der Waals surface area contributed by atoms with Crippen molar-refractivity contribution in [2.45, 2.75) is 37.0 Å². The van der Waals surface area contributed by atoms with Crippen LogP contribution in [0.4, 0.5) is 0 Å². The van der Waals surface area contributed by atoms with Crippen LogP contribution >= 0.6 is 0 Å². The van der Waals surface area contributed by atoms with Gasteiger partial charge in [-0.1, -0.05) is 29.8 Å². The lowest BCUT2D eigenvalue weighted by atomic mass is 9.97. The van der Waals surface area contributed by atoms with Crippen LogP contribution in [0.1, 0.15) is 32.1 Å². The summed E-state index contributed by atoms with van der Waals surface area (Å²) in [5.74, 6) is -0.275.